The van der Waals surface area contributed by atoms with E-state index in [2.05, 4.69) is 22.6 Å². The number of hydrogen-bond acceptors (Lipinski definition) is 2. The molecule has 0 bridgehead atoms. The molecule has 1 aromatic rings. The van der Waals surface area contributed by atoms with Gasteiger partial charge in [-0.05, 0) is 40.2 Å². The van der Waals surface area contributed by atoms with Crippen molar-refractivity contribution in [1.82, 2.24) is 0 Å². The van der Waals surface area contributed by atoms with Crippen LogP contribution in [0, 0.1) is 3.57 Å². The summed E-state index contributed by atoms with van der Waals surface area (Å²) in [7, 11) is 0.676. The highest BCUT2D eigenvalue weighted by molar-refractivity contribution is 14.1. The van der Waals surface area contributed by atoms with Gasteiger partial charge < -0.3 is 9.68 Å². The Kier molecular flexibility index (Phi) is 3.35. The average molecular weight is 262 g/mol. The topological polar surface area (TPSA) is 29.5 Å². The zero-order valence-electron chi connectivity index (χ0n) is 6.12. The first kappa shape index (κ1) is 9.03. The Balaban J connectivity index is 2.81. The van der Waals surface area contributed by atoms with Crippen molar-refractivity contribution in [3.8, 4) is 0 Å². The summed E-state index contributed by atoms with van der Waals surface area (Å²) in [5.74, 6) is 0. The predicted octanol–water partition coefficient (Wildman–Crippen LogP) is 0.625. The Morgan fingerprint density at radius 3 is 2.36 bits per heavy atom. The molecule has 0 saturated carbocycles. The summed E-state index contributed by atoms with van der Waals surface area (Å²) >= 11 is 2.21. The smallest absolute Gasteiger partial charge is 0.423 e. The van der Waals surface area contributed by atoms with Crippen LogP contribution in [-0.4, -0.2) is 19.3 Å². The van der Waals surface area contributed by atoms with Gasteiger partial charge in [-0.3, -0.25) is 0 Å². The van der Waals surface area contributed by atoms with Gasteiger partial charge in [0.25, 0.3) is 0 Å². The van der Waals surface area contributed by atoms with E-state index in [4.69, 9.17) is 4.65 Å². The number of rotatable bonds is 2. The minimum Gasteiger partial charge on any atom is -0.423 e. The highest BCUT2D eigenvalue weighted by Crippen LogP contribution is 2.00. The first-order valence-electron chi connectivity index (χ1n) is 3.20. The van der Waals surface area contributed by atoms with Gasteiger partial charge >= 0.3 is 7.12 Å². The molecule has 0 aliphatic carbocycles. The van der Waals surface area contributed by atoms with Crippen molar-refractivity contribution in [2.24, 2.45) is 0 Å². The summed E-state index contributed by atoms with van der Waals surface area (Å²) < 4.78 is 5.88. The molecule has 0 aliphatic rings. The van der Waals surface area contributed by atoms with Gasteiger partial charge in [0.05, 0.1) is 0 Å². The maximum Gasteiger partial charge on any atom is 0.490 e. The lowest BCUT2D eigenvalue weighted by atomic mass is 9.80. The van der Waals surface area contributed by atoms with Crippen molar-refractivity contribution >= 4 is 35.2 Å². The molecule has 58 valence electrons. The zero-order chi connectivity index (χ0) is 8.27. The van der Waals surface area contributed by atoms with Gasteiger partial charge in [0.2, 0.25) is 0 Å². The molecule has 1 aromatic carbocycles. The third-order valence-electron chi connectivity index (χ3n) is 1.38. The van der Waals surface area contributed by atoms with Crippen molar-refractivity contribution in [2.75, 3.05) is 7.11 Å². The molecule has 11 heavy (non-hydrogen) atoms. The molecule has 0 heterocycles. The summed E-state index contributed by atoms with van der Waals surface area (Å²) in [5.41, 5.74) is 0.785. The fourth-order valence-corrected chi connectivity index (χ4v) is 1.12. The molecule has 1 rings (SSSR count). The monoisotopic (exact) mass is 262 g/mol. The molecular formula is C7H8BIO2. The Bertz CT molecular complexity index is 224. The van der Waals surface area contributed by atoms with Crippen molar-refractivity contribution in [2.45, 2.75) is 0 Å². The Morgan fingerprint density at radius 1 is 1.36 bits per heavy atom. The molecule has 0 atom stereocenters. The first-order chi connectivity index (χ1) is 5.24. The van der Waals surface area contributed by atoms with E-state index in [1.54, 1.807) is 0 Å². The van der Waals surface area contributed by atoms with E-state index in [0.29, 0.717) is 0 Å². The largest absolute Gasteiger partial charge is 0.490 e. The van der Waals surface area contributed by atoms with E-state index in [9.17, 15) is 5.02 Å². The Hall–Kier alpha value is -0.0651. The molecule has 0 fully saturated rings. The molecule has 0 saturated heterocycles. The van der Waals surface area contributed by atoms with Gasteiger partial charge in [-0.1, -0.05) is 12.1 Å². The van der Waals surface area contributed by atoms with Gasteiger partial charge in [-0.2, -0.15) is 0 Å². The van der Waals surface area contributed by atoms with Crippen molar-refractivity contribution < 1.29 is 9.68 Å². The lowest BCUT2D eigenvalue weighted by Crippen LogP contribution is -2.31. The molecule has 2 nitrogen and oxygen atoms in total. The van der Waals surface area contributed by atoms with Crippen LogP contribution in [0.4, 0.5) is 0 Å². The van der Waals surface area contributed by atoms with Crippen molar-refractivity contribution in [1.29, 1.82) is 0 Å². The average Bonchev–Trinajstić information content (AvgIpc) is 2.05. The summed E-state index contributed by atoms with van der Waals surface area (Å²) in [5, 5.41) is 9.20. The van der Waals surface area contributed by atoms with Crippen LogP contribution in [0.1, 0.15) is 0 Å². The SMILES string of the molecule is COB(O)c1ccc(I)cc1. The Labute approximate surface area is 79.9 Å². The highest BCUT2D eigenvalue weighted by atomic mass is 127. The number of halogens is 1. The fourth-order valence-electron chi connectivity index (χ4n) is 0.763. The zero-order valence-corrected chi connectivity index (χ0v) is 8.28. The van der Waals surface area contributed by atoms with Gasteiger partial charge in [0, 0.05) is 10.7 Å². The van der Waals surface area contributed by atoms with Gasteiger partial charge in [0.15, 0.2) is 0 Å². The molecule has 0 amide bonds. The van der Waals surface area contributed by atoms with Crippen LogP contribution in [0.25, 0.3) is 0 Å². The molecule has 0 radical (unpaired) electrons. The van der Waals surface area contributed by atoms with Crippen LogP contribution in [0.2, 0.25) is 0 Å². The second-order valence-corrected chi connectivity index (χ2v) is 3.39. The van der Waals surface area contributed by atoms with Crippen LogP contribution in [-0.2, 0) is 4.65 Å². The predicted molar refractivity (Wildman–Crippen MR) is 53.8 cm³/mol. The molecular weight excluding hydrogens is 254 g/mol. The molecule has 4 heteroatoms. The van der Waals surface area contributed by atoms with E-state index in [1.807, 2.05) is 24.3 Å². The standard InChI is InChI=1S/C7H8BIO2/c1-11-8(10)6-2-4-7(9)5-3-6/h2-5,10H,1H3. The van der Waals surface area contributed by atoms with E-state index in [0.717, 1.165) is 9.03 Å². The van der Waals surface area contributed by atoms with E-state index in [1.165, 1.54) is 7.11 Å². The molecule has 0 aromatic heterocycles. The minimum absolute atomic E-state index is 0.785. The number of hydrogen-bond donors (Lipinski definition) is 1. The minimum atomic E-state index is -0.799. The maximum atomic E-state index is 9.20. The summed E-state index contributed by atoms with van der Waals surface area (Å²) in [6.45, 7) is 0. The third-order valence-corrected chi connectivity index (χ3v) is 2.10. The molecule has 0 unspecified atom stereocenters. The van der Waals surface area contributed by atoms with Gasteiger partial charge in [-0.15, -0.1) is 0 Å². The third kappa shape index (κ3) is 2.46. The van der Waals surface area contributed by atoms with Crippen molar-refractivity contribution in [3.63, 3.8) is 0 Å². The molecule has 0 spiro atoms. The molecule has 0 aliphatic heterocycles. The first-order valence-corrected chi connectivity index (χ1v) is 4.28. The van der Waals surface area contributed by atoms with Crippen LogP contribution < -0.4 is 5.46 Å². The van der Waals surface area contributed by atoms with Gasteiger partial charge in [-0.25, -0.2) is 0 Å². The lowest BCUT2D eigenvalue weighted by Gasteiger charge is -2.02. The summed E-state index contributed by atoms with van der Waals surface area (Å²) in [6.07, 6.45) is 0. The lowest BCUT2D eigenvalue weighted by molar-refractivity contribution is 0.341. The normalized spacial score (nSPS) is 9.73. The van der Waals surface area contributed by atoms with Crippen molar-refractivity contribution in [3.05, 3.63) is 27.8 Å². The molecule has 1 N–H and O–H groups in total. The van der Waals surface area contributed by atoms with Crippen LogP contribution in [0.5, 0.6) is 0 Å². The highest BCUT2D eigenvalue weighted by Gasteiger charge is 2.12. The maximum absolute atomic E-state index is 9.20. The van der Waals surface area contributed by atoms with E-state index in [-0.39, 0.29) is 0 Å². The summed E-state index contributed by atoms with van der Waals surface area (Å²) in [6, 6.07) is 7.54. The Morgan fingerprint density at radius 2 is 1.91 bits per heavy atom. The van der Waals surface area contributed by atoms with Crippen LogP contribution in [0.3, 0.4) is 0 Å². The van der Waals surface area contributed by atoms with Crippen LogP contribution in [0.15, 0.2) is 24.3 Å². The fraction of sp³-hybridized carbons (Fsp3) is 0.143. The van der Waals surface area contributed by atoms with Crippen LogP contribution >= 0.6 is 22.6 Å². The quantitative estimate of drug-likeness (QED) is 0.625. The number of benzene rings is 1. The summed E-state index contributed by atoms with van der Waals surface area (Å²) in [4.78, 5) is 0. The van der Waals surface area contributed by atoms with E-state index < -0.39 is 7.12 Å². The second kappa shape index (κ2) is 4.08. The van der Waals surface area contributed by atoms with E-state index >= 15 is 0 Å². The second-order valence-electron chi connectivity index (χ2n) is 2.14. The van der Waals surface area contributed by atoms with Gasteiger partial charge in [0.1, 0.15) is 0 Å².